The van der Waals surface area contributed by atoms with Crippen molar-refractivity contribution in [2.45, 2.75) is 13.0 Å². The van der Waals surface area contributed by atoms with Gasteiger partial charge in [0.1, 0.15) is 11.6 Å². The number of halogens is 1. The first-order valence-electron chi connectivity index (χ1n) is 7.71. The van der Waals surface area contributed by atoms with Gasteiger partial charge in [-0.1, -0.05) is 0 Å². The Morgan fingerprint density at radius 3 is 2.57 bits per heavy atom. The van der Waals surface area contributed by atoms with Crippen LogP contribution >= 0.6 is 0 Å². The van der Waals surface area contributed by atoms with Crippen molar-refractivity contribution in [3.8, 4) is 11.4 Å². The second-order valence-corrected chi connectivity index (χ2v) is 6.00. The number of aromatic nitrogens is 2. The molecule has 0 saturated heterocycles. The highest BCUT2D eigenvalue weighted by Gasteiger charge is 2.13. The molecule has 23 heavy (non-hydrogen) atoms. The van der Waals surface area contributed by atoms with Crippen molar-refractivity contribution in [1.82, 2.24) is 14.5 Å². The van der Waals surface area contributed by atoms with Crippen molar-refractivity contribution < 1.29 is 4.39 Å². The molecule has 0 aliphatic heterocycles. The summed E-state index contributed by atoms with van der Waals surface area (Å²) in [7, 11) is 4.12. The van der Waals surface area contributed by atoms with Crippen LogP contribution in [0, 0.1) is 5.82 Å². The van der Waals surface area contributed by atoms with E-state index in [4.69, 9.17) is 5.73 Å². The van der Waals surface area contributed by atoms with Gasteiger partial charge in [0, 0.05) is 23.9 Å². The summed E-state index contributed by atoms with van der Waals surface area (Å²) in [5.41, 5.74) is 9.11. The second-order valence-electron chi connectivity index (χ2n) is 6.00. The fourth-order valence-electron chi connectivity index (χ4n) is 2.73. The van der Waals surface area contributed by atoms with Crippen molar-refractivity contribution in [2.24, 2.45) is 0 Å². The van der Waals surface area contributed by atoms with Gasteiger partial charge in [-0.05, 0) is 63.5 Å². The third-order valence-electron chi connectivity index (χ3n) is 3.87. The molecule has 5 heteroatoms. The number of hydrogen-bond acceptors (Lipinski definition) is 3. The minimum atomic E-state index is -0.265. The van der Waals surface area contributed by atoms with Crippen LogP contribution in [0.5, 0.6) is 0 Å². The number of nitrogens with zero attached hydrogens (tertiary/aromatic N) is 3. The summed E-state index contributed by atoms with van der Waals surface area (Å²) in [4.78, 5) is 6.79. The molecule has 120 valence electrons. The average Bonchev–Trinajstić information content (AvgIpc) is 2.85. The molecule has 3 aromatic rings. The Kier molecular flexibility index (Phi) is 4.30. The molecule has 0 unspecified atom stereocenters. The van der Waals surface area contributed by atoms with Crippen LogP contribution in [0.15, 0.2) is 42.5 Å². The minimum absolute atomic E-state index is 0.265. The first-order chi connectivity index (χ1) is 11.0. The average molecular weight is 312 g/mol. The largest absolute Gasteiger partial charge is 0.399 e. The van der Waals surface area contributed by atoms with Crippen LogP contribution in [0.1, 0.15) is 6.42 Å². The van der Waals surface area contributed by atoms with Crippen molar-refractivity contribution in [3.05, 3.63) is 48.3 Å². The zero-order valence-electron chi connectivity index (χ0n) is 13.5. The lowest BCUT2D eigenvalue weighted by Crippen LogP contribution is -2.15. The second kappa shape index (κ2) is 6.38. The van der Waals surface area contributed by atoms with Crippen LogP contribution < -0.4 is 5.73 Å². The van der Waals surface area contributed by atoms with E-state index in [9.17, 15) is 4.39 Å². The summed E-state index contributed by atoms with van der Waals surface area (Å²) in [6, 6.07) is 12.4. The van der Waals surface area contributed by atoms with Gasteiger partial charge in [-0.15, -0.1) is 0 Å². The van der Waals surface area contributed by atoms with Crippen molar-refractivity contribution >= 4 is 16.7 Å². The van der Waals surface area contributed by atoms with Crippen LogP contribution in [0.25, 0.3) is 22.4 Å². The van der Waals surface area contributed by atoms with Crippen LogP contribution in [-0.2, 0) is 6.54 Å². The zero-order chi connectivity index (χ0) is 16.4. The van der Waals surface area contributed by atoms with Gasteiger partial charge < -0.3 is 15.2 Å². The third kappa shape index (κ3) is 3.35. The van der Waals surface area contributed by atoms with E-state index in [1.165, 1.54) is 12.1 Å². The summed E-state index contributed by atoms with van der Waals surface area (Å²) < 4.78 is 15.7. The Bertz CT molecular complexity index is 806. The van der Waals surface area contributed by atoms with E-state index in [0.29, 0.717) is 5.52 Å². The number of rotatable bonds is 5. The normalized spacial score (nSPS) is 11.5. The van der Waals surface area contributed by atoms with E-state index in [1.807, 2.05) is 24.3 Å². The predicted octanol–water partition coefficient (Wildman–Crippen LogP) is 3.38. The number of imidazole rings is 1. The van der Waals surface area contributed by atoms with Gasteiger partial charge in [-0.2, -0.15) is 0 Å². The van der Waals surface area contributed by atoms with Gasteiger partial charge in [0.05, 0.1) is 11.0 Å². The predicted molar refractivity (Wildman–Crippen MR) is 92.7 cm³/mol. The summed E-state index contributed by atoms with van der Waals surface area (Å²) in [6.07, 6.45) is 0.998. The SMILES string of the molecule is CN(C)CCCn1c(-c2ccc(N)cc2)nc2cc(F)ccc21. The maximum Gasteiger partial charge on any atom is 0.141 e. The number of fused-ring (bicyclic) bond motifs is 1. The standard InChI is InChI=1S/C18H21FN4/c1-22(2)10-3-11-23-17-9-6-14(19)12-16(17)21-18(23)13-4-7-15(20)8-5-13/h4-9,12H,3,10-11,20H2,1-2H3. The van der Waals surface area contributed by atoms with Gasteiger partial charge in [0.2, 0.25) is 0 Å². The van der Waals surface area contributed by atoms with E-state index < -0.39 is 0 Å². The first kappa shape index (κ1) is 15.5. The van der Waals surface area contributed by atoms with Gasteiger partial charge in [0.25, 0.3) is 0 Å². The van der Waals surface area contributed by atoms with Crippen LogP contribution in [0.3, 0.4) is 0 Å². The number of nitrogens with two attached hydrogens (primary N) is 1. The molecule has 0 amide bonds. The van der Waals surface area contributed by atoms with E-state index in [2.05, 4.69) is 28.5 Å². The maximum atomic E-state index is 13.5. The lowest BCUT2D eigenvalue weighted by Gasteiger charge is -2.12. The Morgan fingerprint density at radius 1 is 1.13 bits per heavy atom. The molecule has 0 spiro atoms. The van der Waals surface area contributed by atoms with Crippen LogP contribution in [0.2, 0.25) is 0 Å². The fraction of sp³-hybridized carbons (Fsp3) is 0.278. The van der Waals surface area contributed by atoms with Crippen molar-refractivity contribution in [2.75, 3.05) is 26.4 Å². The molecule has 0 atom stereocenters. The summed E-state index contributed by atoms with van der Waals surface area (Å²) in [5.74, 6) is 0.587. The van der Waals surface area contributed by atoms with Gasteiger partial charge in [-0.3, -0.25) is 0 Å². The lowest BCUT2D eigenvalue weighted by molar-refractivity contribution is 0.388. The van der Waals surface area contributed by atoms with E-state index in [0.717, 1.165) is 42.1 Å². The molecular weight excluding hydrogens is 291 g/mol. The molecular formula is C18H21FN4. The van der Waals surface area contributed by atoms with Crippen molar-refractivity contribution in [1.29, 1.82) is 0 Å². The topological polar surface area (TPSA) is 47.1 Å². The fourth-order valence-corrected chi connectivity index (χ4v) is 2.73. The maximum absolute atomic E-state index is 13.5. The van der Waals surface area contributed by atoms with Crippen LogP contribution in [0.4, 0.5) is 10.1 Å². The van der Waals surface area contributed by atoms with Crippen LogP contribution in [-0.4, -0.2) is 35.1 Å². The number of benzene rings is 2. The zero-order valence-corrected chi connectivity index (χ0v) is 13.5. The lowest BCUT2D eigenvalue weighted by atomic mass is 10.2. The molecule has 0 aliphatic rings. The molecule has 3 rings (SSSR count). The van der Waals surface area contributed by atoms with Gasteiger partial charge >= 0.3 is 0 Å². The van der Waals surface area contributed by atoms with Gasteiger partial charge in [0.15, 0.2) is 0 Å². The molecule has 4 nitrogen and oxygen atoms in total. The highest BCUT2D eigenvalue weighted by molar-refractivity contribution is 5.81. The van der Waals surface area contributed by atoms with E-state index in [1.54, 1.807) is 6.07 Å². The molecule has 0 aliphatic carbocycles. The number of anilines is 1. The van der Waals surface area contributed by atoms with Crippen molar-refractivity contribution in [3.63, 3.8) is 0 Å². The summed E-state index contributed by atoms with van der Waals surface area (Å²) in [6.45, 7) is 1.82. The number of nitrogen functional groups attached to an aromatic ring is 1. The summed E-state index contributed by atoms with van der Waals surface area (Å²) >= 11 is 0. The minimum Gasteiger partial charge on any atom is -0.399 e. The molecule has 2 N–H and O–H groups in total. The molecule has 0 fully saturated rings. The molecule has 1 heterocycles. The molecule has 1 aromatic heterocycles. The Labute approximate surface area is 135 Å². The number of hydrogen-bond donors (Lipinski definition) is 1. The highest BCUT2D eigenvalue weighted by Crippen LogP contribution is 2.26. The van der Waals surface area contributed by atoms with E-state index >= 15 is 0 Å². The Hall–Kier alpha value is -2.40. The molecule has 2 aromatic carbocycles. The quantitative estimate of drug-likeness (QED) is 0.735. The molecule has 0 bridgehead atoms. The van der Waals surface area contributed by atoms with Gasteiger partial charge in [-0.25, -0.2) is 9.37 Å². The number of aryl methyl sites for hydroxylation is 1. The summed E-state index contributed by atoms with van der Waals surface area (Å²) in [5, 5.41) is 0. The monoisotopic (exact) mass is 312 g/mol. The Balaban J connectivity index is 2.05. The first-order valence-corrected chi connectivity index (χ1v) is 7.71. The smallest absolute Gasteiger partial charge is 0.141 e. The highest BCUT2D eigenvalue weighted by atomic mass is 19.1. The Morgan fingerprint density at radius 2 is 1.87 bits per heavy atom. The molecule has 0 radical (unpaired) electrons. The van der Waals surface area contributed by atoms with E-state index in [-0.39, 0.29) is 5.82 Å². The molecule has 0 saturated carbocycles. The third-order valence-corrected chi connectivity index (χ3v) is 3.87.